The van der Waals surface area contributed by atoms with Crippen molar-refractivity contribution in [1.82, 2.24) is 0 Å². The minimum Gasteiger partial charge on any atom is -0.326 e. The van der Waals surface area contributed by atoms with E-state index in [1.807, 2.05) is 0 Å². The van der Waals surface area contributed by atoms with Crippen molar-refractivity contribution in [3.8, 4) is 0 Å². The van der Waals surface area contributed by atoms with Crippen LogP contribution in [-0.2, 0) is 14.6 Å². The molecule has 3 rings (SSSR count). The number of carbonyl (C=O) groups is 2. The maximum absolute atomic E-state index is 12.6. The number of sulfone groups is 1. The predicted molar refractivity (Wildman–Crippen MR) is 105 cm³/mol. The van der Waals surface area contributed by atoms with E-state index in [1.54, 1.807) is 48.5 Å². The summed E-state index contributed by atoms with van der Waals surface area (Å²) in [6, 6.07) is 12.8. The first-order chi connectivity index (χ1) is 12.9. The van der Waals surface area contributed by atoms with Gasteiger partial charge in [-0.05, 0) is 61.4 Å². The molecular formula is C20H22N2O4S. The van der Waals surface area contributed by atoms with Crippen LogP contribution in [0.1, 0.15) is 43.0 Å². The molecule has 1 aliphatic carbocycles. The van der Waals surface area contributed by atoms with Crippen LogP contribution in [0.5, 0.6) is 0 Å². The zero-order chi connectivity index (χ0) is 19.4. The number of carbonyl (C=O) groups excluding carboxylic acids is 2. The summed E-state index contributed by atoms with van der Waals surface area (Å²) in [5.41, 5.74) is 1.57. The molecule has 2 N–H and O–H groups in total. The molecule has 2 aromatic rings. The molecule has 142 valence electrons. The molecule has 0 aromatic heterocycles. The predicted octanol–water partition coefficient (Wildman–Crippen LogP) is 3.61. The van der Waals surface area contributed by atoms with Crippen molar-refractivity contribution in [3.05, 3.63) is 54.1 Å². The third kappa shape index (κ3) is 4.54. The van der Waals surface area contributed by atoms with Crippen molar-refractivity contribution in [2.24, 2.45) is 0 Å². The van der Waals surface area contributed by atoms with Crippen LogP contribution in [0, 0.1) is 0 Å². The van der Waals surface area contributed by atoms with Crippen LogP contribution in [0.3, 0.4) is 0 Å². The summed E-state index contributed by atoms with van der Waals surface area (Å²) in [6.45, 7) is 1.41. The highest BCUT2D eigenvalue weighted by Crippen LogP contribution is 2.30. The van der Waals surface area contributed by atoms with Crippen LogP contribution in [0.4, 0.5) is 11.4 Å². The highest BCUT2D eigenvalue weighted by atomic mass is 32.2. The Kier molecular flexibility index (Phi) is 5.60. The number of hydrogen-bond donors (Lipinski definition) is 2. The van der Waals surface area contributed by atoms with Crippen LogP contribution >= 0.6 is 0 Å². The van der Waals surface area contributed by atoms with Crippen molar-refractivity contribution in [3.63, 3.8) is 0 Å². The van der Waals surface area contributed by atoms with Crippen molar-refractivity contribution >= 4 is 33.0 Å². The summed E-state index contributed by atoms with van der Waals surface area (Å²) >= 11 is 0. The molecule has 2 aromatic carbocycles. The Morgan fingerprint density at radius 2 is 1.37 bits per heavy atom. The van der Waals surface area contributed by atoms with Gasteiger partial charge in [-0.25, -0.2) is 8.42 Å². The van der Waals surface area contributed by atoms with E-state index in [2.05, 4.69) is 10.6 Å². The molecule has 27 heavy (non-hydrogen) atoms. The fraction of sp³-hybridized carbons (Fsp3) is 0.300. The lowest BCUT2D eigenvalue weighted by Gasteiger charge is -2.12. The van der Waals surface area contributed by atoms with E-state index in [0.717, 1.165) is 25.7 Å². The minimum atomic E-state index is -3.30. The maximum Gasteiger partial charge on any atom is 0.255 e. The lowest BCUT2D eigenvalue weighted by Crippen LogP contribution is -2.18. The molecule has 0 atom stereocenters. The second kappa shape index (κ2) is 7.92. The number of rotatable bonds is 5. The fourth-order valence-electron chi connectivity index (χ4n) is 3.23. The summed E-state index contributed by atoms with van der Waals surface area (Å²) in [5, 5.41) is 5.09. The van der Waals surface area contributed by atoms with Gasteiger partial charge in [-0.3, -0.25) is 9.59 Å². The van der Waals surface area contributed by atoms with Gasteiger partial charge in [0.25, 0.3) is 5.91 Å². The Balaban J connectivity index is 1.67. The third-order valence-electron chi connectivity index (χ3n) is 4.65. The molecule has 1 aliphatic rings. The molecule has 0 bridgehead atoms. The van der Waals surface area contributed by atoms with Gasteiger partial charge in [-0.15, -0.1) is 0 Å². The van der Waals surface area contributed by atoms with E-state index in [-0.39, 0.29) is 17.1 Å². The highest BCUT2D eigenvalue weighted by Gasteiger charge is 2.30. The van der Waals surface area contributed by atoms with Gasteiger partial charge in [0.2, 0.25) is 5.91 Å². The van der Waals surface area contributed by atoms with Crippen molar-refractivity contribution in [1.29, 1.82) is 0 Å². The van der Waals surface area contributed by atoms with E-state index in [0.29, 0.717) is 21.8 Å². The summed E-state index contributed by atoms with van der Waals surface area (Å²) < 4.78 is 25.2. The van der Waals surface area contributed by atoms with Crippen LogP contribution in [0.15, 0.2) is 53.4 Å². The van der Waals surface area contributed by atoms with Crippen molar-refractivity contribution < 1.29 is 18.0 Å². The monoisotopic (exact) mass is 386 g/mol. The molecule has 0 heterocycles. The van der Waals surface area contributed by atoms with Gasteiger partial charge >= 0.3 is 0 Å². The number of hydrogen-bond acceptors (Lipinski definition) is 4. The molecule has 0 unspecified atom stereocenters. The topological polar surface area (TPSA) is 92.3 Å². The number of anilines is 2. The van der Waals surface area contributed by atoms with Gasteiger partial charge < -0.3 is 10.6 Å². The van der Waals surface area contributed by atoms with Gasteiger partial charge in [0.05, 0.1) is 10.1 Å². The molecule has 6 nitrogen and oxygen atoms in total. The molecule has 7 heteroatoms. The first-order valence-corrected chi connectivity index (χ1v) is 10.4. The fourth-order valence-corrected chi connectivity index (χ4v) is 5.08. The van der Waals surface area contributed by atoms with E-state index in [9.17, 15) is 18.0 Å². The first-order valence-electron chi connectivity index (χ1n) is 8.89. The normalized spacial score (nSPS) is 14.7. The van der Waals surface area contributed by atoms with Gasteiger partial charge in [0.1, 0.15) is 0 Å². The second-order valence-electron chi connectivity index (χ2n) is 6.69. The van der Waals surface area contributed by atoms with E-state index in [1.165, 1.54) is 6.92 Å². The quantitative estimate of drug-likeness (QED) is 0.821. The van der Waals surface area contributed by atoms with Gasteiger partial charge in [0, 0.05) is 23.9 Å². The lowest BCUT2D eigenvalue weighted by atomic mass is 10.2. The smallest absolute Gasteiger partial charge is 0.255 e. The average Bonchev–Trinajstić information content (AvgIpc) is 3.18. The van der Waals surface area contributed by atoms with Gasteiger partial charge in [-0.1, -0.05) is 12.8 Å². The lowest BCUT2D eigenvalue weighted by molar-refractivity contribution is -0.114. The second-order valence-corrected chi connectivity index (χ2v) is 8.92. The Morgan fingerprint density at radius 1 is 0.852 bits per heavy atom. The summed E-state index contributed by atoms with van der Waals surface area (Å²) in [6.07, 6.45) is 3.35. The van der Waals surface area contributed by atoms with E-state index >= 15 is 0 Å². The number of benzene rings is 2. The molecule has 2 amide bonds. The first kappa shape index (κ1) is 19.1. The average molecular weight is 386 g/mol. The zero-order valence-corrected chi connectivity index (χ0v) is 15.9. The van der Waals surface area contributed by atoms with Gasteiger partial charge in [-0.2, -0.15) is 0 Å². The molecular weight excluding hydrogens is 364 g/mol. The molecule has 0 aliphatic heterocycles. The Bertz CT molecular complexity index is 929. The molecule has 0 saturated heterocycles. The Labute approximate surface area is 158 Å². The Hall–Kier alpha value is -2.67. The van der Waals surface area contributed by atoms with Crippen LogP contribution in [0.2, 0.25) is 0 Å². The minimum absolute atomic E-state index is 0.181. The van der Waals surface area contributed by atoms with Crippen LogP contribution in [0.25, 0.3) is 0 Å². The van der Waals surface area contributed by atoms with Crippen LogP contribution in [-0.4, -0.2) is 25.5 Å². The standard InChI is InChI=1S/C20H22N2O4S/c1-14(23)21-16-8-6-15(7-9-16)20(24)22-17-10-12-19(13-11-17)27(25,26)18-4-2-3-5-18/h6-13,18H,2-5H2,1H3,(H,21,23)(H,22,24). The van der Waals surface area contributed by atoms with Crippen molar-refractivity contribution in [2.75, 3.05) is 10.6 Å². The van der Waals surface area contributed by atoms with Crippen molar-refractivity contribution in [2.45, 2.75) is 42.8 Å². The zero-order valence-electron chi connectivity index (χ0n) is 15.1. The van der Waals surface area contributed by atoms with Gasteiger partial charge in [0.15, 0.2) is 9.84 Å². The number of nitrogens with one attached hydrogen (secondary N) is 2. The van der Waals surface area contributed by atoms with E-state index in [4.69, 9.17) is 0 Å². The maximum atomic E-state index is 12.6. The Morgan fingerprint density at radius 3 is 1.93 bits per heavy atom. The number of amides is 2. The summed E-state index contributed by atoms with van der Waals surface area (Å²) in [5.74, 6) is -0.490. The largest absolute Gasteiger partial charge is 0.326 e. The molecule has 0 spiro atoms. The summed E-state index contributed by atoms with van der Waals surface area (Å²) in [4.78, 5) is 23.6. The SMILES string of the molecule is CC(=O)Nc1ccc(C(=O)Nc2ccc(S(=O)(=O)C3CCCC3)cc2)cc1. The van der Waals surface area contributed by atoms with E-state index < -0.39 is 9.84 Å². The molecule has 0 radical (unpaired) electrons. The van der Waals surface area contributed by atoms with Crippen LogP contribution < -0.4 is 10.6 Å². The summed E-state index contributed by atoms with van der Waals surface area (Å²) in [7, 11) is -3.30. The molecule has 1 fully saturated rings. The highest BCUT2D eigenvalue weighted by molar-refractivity contribution is 7.92. The third-order valence-corrected chi connectivity index (χ3v) is 6.93. The molecule has 1 saturated carbocycles.